The summed E-state index contributed by atoms with van der Waals surface area (Å²) in [6.07, 6.45) is 10.7. The van der Waals surface area contributed by atoms with E-state index >= 15 is 0 Å². The third kappa shape index (κ3) is 6.75. The zero-order valence-corrected chi connectivity index (χ0v) is 34.9. The molecule has 0 N–H and O–H groups in total. The summed E-state index contributed by atoms with van der Waals surface area (Å²) in [7, 11) is 0. The van der Waals surface area contributed by atoms with Crippen molar-refractivity contribution in [3.05, 3.63) is 149 Å². The predicted octanol–water partition coefficient (Wildman–Crippen LogP) is 5.93. The van der Waals surface area contributed by atoms with E-state index in [9.17, 15) is 0 Å². The van der Waals surface area contributed by atoms with Crippen molar-refractivity contribution in [1.29, 1.82) is 0 Å². The maximum atomic E-state index is 4.94. The van der Waals surface area contributed by atoms with Crippen molar-refractivity contribution in [2.45, 2.75) is 68.2 Å². The molecule has 0 spiro atoms. The molecule has 4 heteroatoms. The molecule has 1 fully saturated rings. The number of benzene rings is 2. The molecule has 0 bridgehead atoms. The molecule has 1 nitrogen and oxygen atoms in total. The zero-order chi connectivity index (χ0) is 34.2. The summed E-state index contributed by atoms with van der Waals surface area (Å²) in [6.45, 7) is 20.2. The Labute approximate surface area is 329 Å². The Bertz CT molecular complexity index is 1780. The average Bonchev–Trinajstić information content (AvgIpc) is 3.89. The number of allylic oxidation sites excluding steroid dienone is 6. The first-order valence-corrected chi connectivity index (χ1v) is 19.3. The van der Waals surface area contributed by atoms with Gasteiger partial charge in [-0.25, -0.2) is 5.92 Å². The minimum absolute atomic E-state index is 0. The molecule has 4 aromatic rings. The smallest absolute Gasteiger partial charge is 0.0471 e. The van der Waals surface area contributed by atoms with Crippen LogP contribution in [0.1, 0.15) is 72.1 Å². The van der Waals surface area contributed by atoms with Crippen molar-refractivity contribution in [2.75, 3.05) is 0 Å². The molecule has 1 saturated carbocycles. The summed E-state index contributed by atoms with van der Waals surface area (Å²) in [5.74, 6) is 4.93. The van der Waals surface area contributed by atoms with E-state index in [1.165, 1.54) is 46.5 Å². The normalized spacial score (nSPS) is 28.7. The molecule has 8 rings (SSSR count). The molecule has 1 heterocycles. The molecule has 7 unspecified atom stereocenters. The predicted molar refractivity (Wildman–Crippen MR) is 200 cm³/mol. The van der Waals surface area contributed by atoms with Crippen molar-refractivity contribution >= 4 is 9.28 Å². The minimum atomic E-state index is 0. The van der Waals surface area contributed by atoms with Crippen LogP contribution >= 0.6 is 0 Å². The first-order valence-electron chi connectivity index (χ1n) is 17.9. The fourth-order valence-electron chi connectivity index (χ4n) is 9.56. The number of fused-ring (bicyclic) bond motifs is 6. The Morgan fingerprint density at radius 3 is 2.14 bits per heavy atom. The Kier molecular flexibility index (Phi) is 13.2. The van der Waals surface area contributed by atoms with Crippen molar-refractivity contribution in [2.24, 2.45) is 40.4 Å². The van der Waals surface area contributed by atoms with Crippen LogP contribution in [0, 0.1) is 46.3 Å². The molecule has 0 radical (unpaired) electrons. The van der Waals surface area contributed by atoms with Crippen molar-refractivity contribution in [3.8, 4) is 11.1 Å². The van der Waals surface area contributed by atoms with E-state index in [-0.39, 0.29) is 35.6 Å². The second kappa shape index (κ2) is 16.4. The Morgan fingerprint density at radius 1 is 0.840 bits per heavy atom. The van der Waals surface area contributed by atoms with E-state index in [4.69, 9.17) is 4.42 Å². The standard InChI is InChI=1S/C29H37.C9H7O.C8H8.2ClH.Zr/c1-16-13-14-25-26-23-12-10-9-11-22(23)15-24(26)27-19(4)17(2)18(3)21(6)29(27,8)28(25,7)20(16)5;1-2-4-8(3-1)9-5-6-10-7-9;1-2-8-6-4-3-5-7-8;;;/h9-14,16-18,20-21H,15H2,1-8H3;1-7H;1,3-7H,2H2;2*1H;/q2*-1;;;;+2/p-2. The summed E-state index contributed by atoms with van der Waals surface area (Å²) in [6, 6.07) is 29.8. The number of hydrogen-bond acceptors (Lipinski definition) is 1. The Morgan fingerprint density at radius 2 is 1.50 bits per heavy atom. The van der Waals surface area contributed by atoms with Crippen LogP contribution in [0.15, 0.2) is 131 Å². The molecule has 4 aliphatic carbocycles. The van der Waals surface area contributed by atoms with Gasteiger partial charge >= 0.3 is 70.3 Å². The van der Waals surface area contributed by atoms with E-state index < -0.39 is 0 Å². The molecule has 0 aliphatic heterocycles. The van der Waals surface area contributed by atoms with Gasteiger partial charge in [0, 0.05) is 17.9 Å². The molecular formula is C46H52Cl2OZr-2. The van der Waals surface area contributed by atoms with Crippen molar-refractivity contribution in [1.82, 2.24) is 0 Å². The Hall–Kier alpha value is -2.51. The minimum Gasteiger partial charge on any atom is -0.515 e. The Balaban J connectivity index is 0.000000219. The molecule has 4 aliphatic rings. The largest absolute Gasteiger partial charge is 0.515 e. The van der Waals surface area contributed by atoms with Crippen LogP contribution in [0.25, 0.3) is 16.7 Å². The summed E-state index contributed by atoms with van der Waals surface area (Å²) in [4.78, 5) is 0. The van der Waals surface area contributed by atoms with Crippen LogP contribution in [-0.4, -0.2) is 3.71 Å². The molecule has 0 saturated heterocycles. The van der Waals surface area contributed by atoms with Gasteiger partial charge in [-0.1, -0.05) is 131 Å². The molecule has 7 atom stereocenters. The van der Waals surface area contributed by atoms with Gasteiger partial charge in [-0.15, -0.1) is 19.1 Å². The average molecular weight is 783 g/mol. The zero-order valence-electron chi connectivity index (χ0n) is 30.9. The fraction of sp³-hybridized carbons (Fsp3) is 0.370. The van der Waals surface area contributed by atoms with Gasteiger partial charge < -0.3 is 29.2 Å². The number of furan rings is 1. The van der Waals surface area contributed by atoms with Gasteiger partial charge in [-0.3, -0.25) is 0 Å². The van der Waals surface area contributed by atoms with Crippen LogP contribution in [0.2, 0.25) is 0 Å². The maximum Gasteiger partial charge on any atom is 0.0471 e. The van der Waals surface area contributed by atoms with Crippen molar-refractivity contribution in [3.63, 3.8) is 0 Å². The SMILES string of the molecule is C[C-]1C2=C3Cc4ccccc4C3=C3C=CC(C)C(C)C3(C)C2(C)C(C)C(C)C1C.[Cl-].[Cl-].[Zr+2]=[CH]Cc1ccccc1.c1cc[c-](-c2ccoc2)c1. The number of hydrogen-bond donors (Lipinski definition) is 0. The van der Waals surface area contributed by atoms with Gasteiger partial charge in [0.25, 0.3) is 0 Å². The van der Waals surface area contributed by atoms with Gasteiger partial charge in [-0.05, 0) is 34.7 Å². The second-order valence-corrected chi connectivity index (χ2v) is 16.1. The van der Waals surface area contributed by atoms with Gasteiger partial charge in [0.15, 0.2) is 0 Å². The molecule has 3 aromatic carbocycles. The van der Waals surface area contributed by atoms with Gasteiger partial charge in [-0.2, -0.15) is 23.3 Å². The summed E-state index contributed by atoms with van der Waals surface area (Å²) < 4.78 is 7.19. The monoisotopic (exact) mass is 780 g/mol. The third-order valence-electron chi connectivity index (χ3n) is 13.2. The van der Waals surface area contributed by atoms with Crippen LogP contribution in [0.5, 0.6) is 0 Å². The molecule has 50 heavy (non-hydrogen) atoms. The van der Waals surface area contributed by atoms with Gasteiger partial charge in [0.2, 0.25) is 0 Å². The summed E-state index contributed by atoms with van der Waals surface area (Å²) in [5, 5.41) is 0. The number of halogens is 2. The van der Waals surface area contributed by atoms with E-state index in [0.29, 0.717) is 29.6 Å². The van der Waals surface area contributed by atoms with Gasteiger partial charge in [0.05, 0.1) is 0 Å². The third-order valence-corrected chi connectivity index (χ3v) is 13.7. The van der Waals surface area contributed by atoms with E-state index in [1.54, 1.807) is 40.7 Å². The topological polar surface area (TPSA) is 13.1 Å². The molecule has 1 aromatic heterocycles. The quantitative estimate of drug-likeness (QED) is 0.235. The van der Waals surface area contributed by atoms with Crippen molar-refractivity contribution < 1.29 is 53.5 Å². The second-order valence-electron chi connectivity index (χ2n) is 15.1. The van der Waals surface area contributed by atoms with E-state index in [1.807, 2.05) is 24.3 Å². The van der Waals surface area contributed by atoms with Crippen LogP contribution in [0.3, 0.4) is 0 Å². The van der Waals surface area contributed by atoms with E-state index in [0.717, 1.165) is 18.4 Å². The first kappa shape index (κ1) is 40.3. The first-order chi connectivity index (χ1) is 23.0. The van der Waals surface area contributed by atoms with E-state index in [2.05, 4.69) is 132 Å². The molecule has 262 valence electrons. The van der Waals surface area contributed by atoms with Gasteiger partial charge in [0.1, 0.15) is 0 Å². The summed E-state index contributed by atoms with van der Waals surface area (Å²) in [5.41, 5.74) is 13.7. The maximum absolute atomic E-state index is 4.94. The fourth-order valence-corrected chi connectivity index (χ4v) is 10.1. The van der Waals surface area contributed by atoms with Crippen LogP contribution < -0.4 is 24.8 Å². The molecular weight excluding hydrogens is 731 g/mol. The van der Waals surface area contributed by atoms with Crippen LogP contribution in [0.4, 0.5) is 0 Å². The molecule has 0 amide bonds. The summed E-state index contributed by atoms with van der Waals surface area (Å²) >= 11 is 1.51. The van der Waals surface area contributed by atoms with Crippen LogP contribution in [-0.2, 0) is 37.1 Å². The number of rotatable bonds is 3.